The van der Waals surface area contributed by atoms with Gasteiger partial charge >= 0.3 is 10.6 Å². The summed E-state index contributed by atoms with van der Waals surface area (Å²) in [6.45, 7) is 4.17. The number of ether oxygens (including phenoxy) is 2. The number of H-pyrrole nitrogens is 2. The van der Waals surface area contributed by atoms with E-state index in [-0.39, 0.29) is 10.6 Å². The van der Waals surface area contributed by atoms with Crippen LogP contribution in [-0.2, 0) is 9.47 Å². The summed E-state index contributed by atoms with van der Waals surface area (Å²) in [6, 6.07) is 15.5. The van der Waals surface area contributed by atoms with E-state index in [9.17, 15) is 9.59 Å². The highest BCUT2D eigenvalue weighted by molar-refractivity contribution is 8.14. The van der Waals surface area contributed by atoms with Crippen LogP contribution in [0.4, 0.5) is 9.59 Å². The number of rotatable bonds is 5. The molecule has 2 aromatic heterocycles. The maximum Gasteiger partial charge on any atom is 0.372 e. The number of fused-ring (bicyclic) bond motifs is 2. The van der Waals surface area contributed by atoms with Gasteiger partial charge in [0.25, 0.3) is 0 Å². The third-order valence-corrected chi connectivity index (χ3v) is 6.29. The molecular formula is C22H20N2O4S2. The van der Waals surface area contributed by atoms with Crippen LogP contribution in [0, 0.1) is 0 Å². The van der Waals surface area contributed by atoms with Crippen LogP contribution in [0.3, 0.4) is 0 Å². The van der Waals surface area contributed by atoms with E-state index in [0.29, 0.717) is 13.2 Å². The van der Waals surface area contributed by atoms with E-state index < -0.39 is 0 Å². The Bertz CT molecular complexity index is 1130. The minimum Gasteiger partial charge on any atom is -0.458 e. The molecule has 0 bridgehead atoms. The van der Waals surface area contributed by atoms with Gasteiger partial charge in [0.2, 0.25) is 0 Å². The summed E-state index contributed by atoms with van der Waals surface area (Å²) in [6.07, 6.45) is 0. The quantitative estimate of drug-likeness (QED) is 0.262. The number of nitrogens with one attached hydrogen (secondary N) is 2. The van der Waals surface area contributed by atoms with Crippen molar-refractivity contribution in [2.45, 2.75) is 23.6 Å². The maximum atomic E-state index is 12.3. The predicted octanol–water partition coefficient (Wildman–Crippen LogP) is 6.81. The molecule has 154 valence electrons. The molecule has 4 rings (SSSR count). The van der Waals surface area contributed by atoms with E-state index in [4.69, 9.17) is 9.47 Å². The third kappa shape index (κ3) is 3.93. The van der Waals surface area contributed by atoms with E-state index in [2.05, 4.69) is 9.97 Å². The highest BCUT2D eigenvalue weighted by Gasteiger charge is 2.24. The Balaban J connectivity index is 1.91. The molecule has 0 amide bonds. The first kappa shape index (κ1) is 20.4. The molecule has 0 aliphatic rings. The average molecular weight is 441 g/mol. The Kier molecular flexibility index (Phi) is 6.06. The van der Waals surface area contributed by atoms with Crippen LogP contribution in [0.2, 0.25) is 0 Å². The van der Waals surface area contributed by atoms with Crippen molar-refractivity contribution in [3.8, 4) is 11.4 Å². The zero-order valence-electron chi connectivity index (χ0n) is 16.5. The van der Waals surface area contributed by atoms with Crippen LogP contribution < -0.4 is 0 Å². The molecule has 8 heteroatoms. The molecule has 0 spiro atoms. The predicted molar refractivity (Wildman–Crippen MR) is 121 cm³/mol. The van der Waals surface area contributed by atoms with Gasteiger partial charge in [0, 0.05) is 21.8 Å². The third-order valence-electron chi connectivity index (χ3n) is 4.46. The number of hydrogen-bond donors (Lipinski definition) is 2. The molecule has 0 unspecified atom stereocenters. The van der Waals surface area contributed by atoms with E-state index in [1.54, 1.807) is 13.8 Å². The number of thioether (sulfide) groups is 2. The SMILES string of the molecule is CCOC(=O)Sc1c(-c2[nH]c3ccccc3c2SC(=O)OCC)[nH]c2ccccc12. The van der Waals surface area contributed by atoms with Crippen molar-refractivity contribution in [3.05, 3.63) is 48.5 Å². The lowest BCUT2D eigenvalue weighted by Crippen LogP contribution is -1.97. The lowest BCUT2D eigenvalue weighted by molar-refractivity contribution is 0.180. The zero-order valence-corrected chi connectivity index (χ0v) is 18.1. The van der Waals surface area contributed by atoms with Gasteiger partial charge in [-0.25, -0.2) is 9.59 Å². The first-order valence-corrected chi connectivity index (χ1v) is 11.2. The number of hydrogen-bond acceptors (Lipinski definition) is 6. The Morgan fingerprint density at radius 1 is 0.733 bits per heavy atom. The lowest BCUT2D eigenvalue weighted by atomic mass is 10.2. The van der Waals surface area contributed by atoms with Crippen LogP contribution in [0.15, 0.2) is 58.3 Å². The first-order chi connectivity index (χ1) is 14.6. The number of benzene rings is 2. The lowest BCUT2D eigenvalue weighted by Gasteiger charge is -2.06. The van der Waals surface area contributed by atoms with E-state index in [0.717, 1.165) is 66.5 Å². The number of carbonyl (C=O) groups excluding carboxylic acids is 2. The van der Waals surface area contributed by atoms with Crippen LogP contribution in [0.1, 0.15) is 13.8 Å². The van der Waals surface area contributed by atoms with Gasteiger partial charge in [0.1, 0.15) is 0 Å². The van der Waals surface area contributed by atoms with E-state index in [1.165, 1.54) is 0 Å². The largest absolute Gasteiger partial charge is 0.458 e. The molecule has 2 heterocycles. The Labute approximate surface area is 181 Å². The van der Waals surface area contributed by atoms with Crippen molar-refractivity contribution in [2.75, 3.05) is 13.2 Å². The van der Waals surface area contributed by atoms with Gasteiger partial charge in [0.05, 0.1) is 34.4 Å². The van der Waals surface area contributed by atoms with Gasteiger partial charge in [-0.3, -0.25) is 0 Å². The van der Waals surface area contributed by atoms with Crippen molar-refractivity contribution < 1.29 is 19.1 Å². The van der Waals surface area contributed by atoms with E-state index in [1.807, 2.05) is 48.5 Å². The number of aromatic amines is 2. The van der Waals surface area contributed by atoms with Crippen molar-refractivity contribution in [3.63, 3.8) is 0 Å². The summed E-state index contributed by atoms with van der Waals surface area (Å²) in [5.41, 5.74) is 3.25. The molecule has 0 radical (unpaired) electrons. The van der Waals surface area contributed by atoms with Crippen LogP contribution in [0.5, 0.6) is 0 Å². The summed E-state index contributed by atoms with van der Waals surface area (Å²) < 4.78 is 10.3. The first-order valence-electron chi connectivity index (χ1n) is 9.53. The second-order valence-corrected chi connectivity index (χ2v) is 8.21. The smallest absolute Gasteiger partial charge is 0.372 e. The Morgan fingerprint density at radius 2 is 1.13 bits per heavy atom. The van der Waals surface area contributed by atoms with Gasteiger partial charge in [-0.15, -0.1) is 0 Å². The van der Waals surface area contributed by atoms with E-state index >= 15 is 0 Å². The standard InChI is InChI=1S/C22H20N2O4S2/c1-3-27-21(25)29-19-13-9-5-7-11-15(13)23-17(19)18-20(30-22(26)28-4-2)14-10-6-8-12-16(14)24-18/h5-12,23-24H,3-4H2,1-2H3. The summed E-state index contributed by atoms with van der Waals surface area (Å²) in [5.74, 6) is 0. The number of carbonyl (C=O) groups is 2. The molecule has 4 aromatic rings. The topological polar surface area (TPSA) is 84.2 Å². The molecule has 30 heavy (non-hydrogen) atoms. The minimum atomic E-state index is -0.376. The molecular weight excluding hydrogens is 420 g/mol. The number of para-hydroxylation sites is 2. The van der Waals surface area contributed by atoms with Gasteiger partial charge < -0.3 is 19.4 Å². The van der Waals surface area contributed by atoms with Crippen molar-refractivity contribution in [1.29, 1.82) is 0 Å². The van der Waals surface area contributed by atoms with Gasteiger partial charge in [0.15, 0.2) is 0 Å². The summed E-state index contributed by atoms with van der Waals surface area (Å²) in [4.78, 5) is 32.9. The van der Waals surface area contributed by atoms with Gasteiger partial charge in [-0.2, -0.15) is 0 Å². The molecule has 6 nitrogen and oxygen atoms in total. The summed E-state index contributed by atoms with van der Waals surface area (Å²) in [5, 5.41) is 1.08. The molecule has 2 aromatic carbocycles. The summed E-state index contributed by atoms with van der Waals surface area (Å²) in [7, 11) is 0. The fourth-order valence-electron chi connectivity index (χ4n) is 3.26. The van der Waals surface area contributed by atoms with Crippen LogP contribution in [-0.4, -0.2) is 33.8 Å². The minimum absolute atomic E-state index is 0.305. The highest BCUT2D eigenvalue weighted by atomic mass is 32.2. The summed E-state index contributed by atoms with van der Waals surface area (Å²) >= 11 is 2.07. The maximum absolute atomic E-state index is 12.3. The van der Waals surface area contributed by atoms with Crippen LogP contribution >= 0.6 is 23.5 Å². The molecule has 0 atom stereocenters. The van der Waals surface area contributed by atoms with Crippen LogP contribution in [0.25, 0.3) is 33.2 Å². The fourth-order valence-corrected chi connectivity index (χ4v) is 5.03. The molecule has 0 aliphatic carbocycles. The molecule has 0 aliphatic heterocycles. The second-order valence-electron chi connectivity index (χ2n) is 6.32. The Morgan fingerprint density at radius 3 is 1.53 bits per heavy atom. The van der Waals surface area contributed by atoms with Crippen molar-refractivity contribution in [2.24, 2.45) is 0 Å². The average Bonchev–Trinajstić information content (AvgIpc) is 3.27. The molecule has 0 saturated carbocycles. The van der Waals surface area contributed by atoms with Gasteiger partial charge in [-0.1, -0.05) is 36.4 Å². The monoisotopic (exact) mass is 440 g/mol. The van der Waals surface area contributed by atoms with Crippen molar-refractivity contribution >= 4 is 55.9 Å². The van der Waals surface area contributed by atoms with Crippen molar-refractivity contribution in [1.82, 2.24) is 9.97 Å². The van der Waals surface area contributed by atoms with Gasteiger partial charge in [-0.05, 0) is 49.5 Å². The normalized spacial score (nSPS) is 11.1. The number of aromatic nitrogens is 2. The zero-order chi connectivity index (χ0) is 21.1. The molecule has 0 fully saturated rings. The fraction of sp³-hybridized carbons (Fsp3) is 0.182. The highest BCUT2D eigenvalue weighted by Crippen LogP contribution is 2.44. The molecule has 0 saturated heterocycles. The second kappa shape index (κ2) is 8.89. The molecule has 2 N–H and O–H groups in total. The Hall–Kier alpha value is -2.84.